The molecule has 1 saturated heterocycles. The van der Waals surface area contributed by atoms with Crippen molar-refractivity contribution in [3.05, 3.63) is 58.7 Å². The minimum Gasteiger partial charge on any atom is -0.497 e. The second-order valence-electron chi connectivity index (χ2n) is 8.24. The number of aromatic amines is 1. The van der Waals surface area contributed by atoms with Gasteiger partial charge >= 0.3 is 0 Å². The minimum atomic E-state index is -0.182. The highest BCUT2D eigenvalue weighted by atomic mass is 35.5. The van der Waals surface area contributed by atoms with Gasteiger partial charge in [0.15, 0.2) is 0 Å². The number of methoxy groups -OCH3 is 2. The lowest BCUT2D eigenvalue weighted by atomic mass is 9.87. The third-order valence-electron chi connectivity index (χ3n) is 6.17. The van der Waals surface area contributed by atoms with E-state index in [4.69, 9.17) is 21.1 Å². The summed E-state index contributed by atoms with van der Waals surface area (Å²) in [6, 6.07) is 11.5. The molecular formula is C25H30ClN3O3. The van der Waals surface area contributed by atoms with E-state index in [0.717, 1.165) is 41.7 Å². The Morgan fingerprint density at radius 2 is 1.84 bits per heavy atom. The maximum absolute atomic E-state index is 13.0. The van der Waals surface area contributed by atoms with Gasteiger partial charge in [-0.3, -0.25) is 4.79 Å². The fraction of sp³-hybridized carbons (Fsp3) is 0.400. The van der Waals surface area contributed by atoms with Crippen molar-refractivity contribution in [3.8, 4) is 11.5 Å². The molecule has 1 aromatic heterocycles. The second kappa shape index (κ2) is 10.3. The Morgan fingerprint density at radius 1 is 1.12 bits per heavy atom. The van der Waals surface area contributed by atoms with E-state index in [0.29, 0.717) is 29.5 Å². The molecule has 2 heterocycles. The lowest BCUT2D eigenvalue weighted by Gasteiger charge is -2.20. The highest BCUT2D eigenvalue weighted by Crippen LogP contribution is 2.37. The number of likely N-dealkylation sites (tertiary alicyclic amines) is 1. The van der Waals surface area contributed by atoms with Crippen molar-refractivity contribution in [2.24, 2.45) is 0 Å². The molecule has 32 heavy (non-hydrogen) atoms. The second-order valence-corrected chi connectivity index (χ2v) is 8.67. The number of hydrogen-bond donors (Lipinski definition) is 2. The molecule has 0 aliphatic carbocycles. The fourth-order valence-corrected chi connectivity index (χ4v) is 4.63. The zero-order chi connectivity index (χ0) is 22.5. The van der Waals surface area contributed by atoms with Gasteiger partial charge in [-0.15, -0.1) is 0 Å². The number of hydrogen-bond acceptors (Lipinski definition) is 4. The third kappa shape index (κ3) is 5.19. The molecule has 0 unspecified atom stereocenters. The number of benzene rings is 2. The zero-order valence-electron chi connectivity index (χ0n) is 18.6. The van der Waals surface area contributed by atoms with Gasteiger partial charge in [0.2, 0.25) is 5.91 Å². The number of nitrogens with one attached hydrogen (secondary N) is 2. The minimum absolute atomic E-state index is 0.0207. The molecule has 1 atom stereocenters. The van der Waals surface area contributed by atoms with Crippen LogP contribution in [-0.4, -0.2) is 56.2 Å². The molecule has 1 aliphatic rings. The van der Waals surface area contributed by atoms with Gasteiger partial charge in [-0.05, 0) is 67.4 Å². The van der Waals surface area contributed by atoms with Gasteiger partial charge in [0.1, 0.15) is 11.5 Å². The number of aromatic nitrogens is 1. The van der Waals surface area contributed by atoms with Crippen molar-refractivity contribution in [1.82, 2.24) is 15.2 Å². The first-order valence-electron chi connectivity index (χ1n) is 11.1. The van der Waals surface area contributed by atoms with Crippen molar-refractivity contribution < 1.29 is 14.3 Å². The normalized spacial score (nSPS) is 15.1. The summed E-state index contributed by atoms with van der Waals surface area (Å²) in [5.74, 6) is 1.22. The summed E-state index contributed by atoms with van der Waals surface area (Å²) >= 11 is 6.29. The van der Waals surface area contributed by atoms with E-state index >= 15 is 0 Å². The molecule has 7 heteroatoms. The SMILES string of the molecule is COc1cc(OC)cc([C@@H](CC(=O)NCCN2CCCC2)c2c[nH]c3ccc(Cl)cc23)c1. The lowest BCUT2D eigenvalue weighted by Crippen LogP contribution is -2.34. The Morgan fingerprint density at radius 3 is 2.53 bits per heavy atom. The molecule has 2 aromatic carbocycles. The Labute approximate surface area is 193 Å². The largest absolute Gasteiger partial charge is 0.497 e. The summed E-state index contributed by atoms with van der Waals surface area (Å²) in [7, 11) is 3.26. The summed E-state index contributed by atoms with van der Waals surface area (Å²) in [5.41, 5.74) is 2.96. The molecule has 0 bridgehead atoms. The van der Waals surface area contributed by atoms with Crippen LogP contribution >= 0.6 is 11.6 Å². The van der Waals surface area contributed by atoms with Crippen LogP contribution in [0.2, 0.25) is 5.02 Å². The number of rotatable bonds is 9. The number of carbonyl (C=O) groups excluding carboxylic acids is 1. The average Bonchev–Trinajstić information content (AvgIpc) is 3.47. The summed E-state index contributed by atoms with van der Waals surface area (Å²) in [4.78, 5) is 18.7. The van der Waals surface area contributed by atoms with Gasteiger partial charge in [0, 0.05) is 53.6 Å². The smallest absolute Gasteiger partial charge is 0.220 e. The van der Waals surface area contributed by atoms with E-state index in [2.05, 4.69) is 15.2 Å². The molecule has 0 radical (unpaired) electrons. The number of ether oxygens (including phenoxy) is 2. The topological polar surface area (TPSA) is 66.6 Å². The number of halogens is 1. The highest BCUT2D eigenvalue weighted by molar-refractivity contribution is 6.31. The van der Waals surface area contributed by atoms with E-state index in [1.54, 1.807) is 14.2 Å². The average molecular weight is 456 g/mol. The van der Waals surface area contributed by atoms with E-state index in [-0.39, 0.29) is 11.8 Å². The molecule has 0 saturated carbocycles. The van der Waals surface area contributed by atoms with Crippen LogP contribution in [0.4, 0.5) is 0 Å². The van der Waals surface area contributed by atoms with Crippen molar-refractivity contribution in [2.45, 2.75) is 25.2 Å². The number of amides is 1. The molecule has 170 valence electrons. The van der Waals surface area contributed by atoms with E-state index in [9.17, 15) is 4.79 Å². The summed E-state index contributed by atoms with van der Waals surface area (Å²) < 4.78 is 11.0. The van der Waals surface area contributed by atoms with Crippen LogP contribution in [0.15, 0.2) is 42.6 Å². The molecular weight excluding hydrogens is 426 g/mol. The standard InChI is InChI=1S/C25H30ClN3O3/c1-31-19-11-17(12-20(14-19)32-2)21(15-25(30)27-7-10-29-8-3-4-9-29)23-16-28-24-6-5-18(26)13-22(23)24/h5-6,11-14,16,21,28H,3-4,7-10,15H2,1-2H3,(H,27,30)/t21-/m1/s1. The molecule has 1 amide bonds. The van der Waals surface area contributed by atoms with Crippen molar-refractivity contribution in [1.29, 1.82) is 0 Å². The summed E-state index contributed by atoms with van der Waals surface area (Å²) in [5, 5.41) is 4.78. The molecule has 2 N–H and O–H groups in total. The number of carbonyl (C=O) groups is 1. The van der Waals surface area contributed by atoms with Gasteiger partial charge in [-0.2, -0.15) is 0 Å². The maximum atomic E-state index is 13.0. The van der Waals surface area contributed by atoms with Gasteiger partial charge in [-0.1, -0.05) is 11.6 Å². The van der Waals surface area contributed by atoms with Crippen molar-refractivity contribution in [2.75, 3.05) is 40.4 Å². The fourth-order valence-electron chi connectivity index (χ4n) is 4.46. The van der Waals surface area contributed by atoms with Crippen LogP contribution in [0.3, 0.4) is 0 Å². The summed E-state index contributed by atoms with van der Waals surface area (Å²) in [6.45, 7) is 3.80. The van der Waals surface area contributed by atoms with E-state index in [1.807, 2.05) is 42.6 Å². The first kappa shape index (κ1) is 22.5. The van der Waals surface area contributed by atoms with E-state index in [1.165, 1.54) is 12.8 Å². The van der Waals surface area contributed by atoms with Crippen LogP contribution in [0, 0.1) is 0 Å². The molecule has 1 aliphatic heterocycles. The van der Waals surface area contributed by atoms with Crippen LogP contribution < -0.4 is 14.8 Å². The summed E-state index contributed by atoms with van der Waals surface area (Å²) in [6.07, 6.45) is 4.78. The lowest BCUT2D eigenvalue weighted by molar-refractivity contribution is -0.121. The Balaban J connectivity index is 1.62. The molecule has 3 aromatic rings. The van der Waals surface area contributed by atoms with Gasteiger partial charge in [0.25, 0.3) is 0 Å². The molecule has 0 spiro atoms. The molecule has 1 fully saturated rings. The van der Waals surface area contributed by atoms with Crippen LogP contribution in [0.5, 0.6) is 11.5 Å². The quantitative estimate of drug-likeness (QED) is 0.496. The highest BCUT2D eigenvalue weighted by Gasteiger charge is 2.23. The van der Waals surface area contributed by atoms with Gasteiger partial charge in [-0.25, -0.2) is 0 Å². The van der Waals surface area contributed by atoms with E-state index < -0.39 is 0 Å². The van der Waals surface area contributed by atoms with Crippen LogP contribution in [0.25, 0.3) is 10.9 Å². The molecule has 4 rings (SSSR count). The van der Waals surface area contributed by atoms with Crippen molar-refractivity contribution >= 4 is 28.4 Å². The third-order valence-corrected chi connectivity index (χ3v) is 6.40. The first-order valence-corrected chi connectivity index (χ1v) is 11.4. The Kier molecular flexibility index (Phi) is 7.22. The van der Waals surface area contributed by atoms with Crippen LogP contribution in [-0.2, 0) is 4.79 Å². The van der Waals surface area contributed by atoms with Gasteiger partial charge in [0.05, 0.1) is 14.2 Å². The Bertz CT molecular complexity index is 1050. The molecule has 6 nitrogen and oxygen atoms in total. The predicted octanol–water partition coefficient (Wildman–Crippen LogP) is 4.57. The number of nitrogens with zero attached hydrogens (tertiary/aromatic N) is 1. The van der Waals surface area contributed by atoms with Crippen LogP contribution in [0.1, 0.15) is 36.3 Å². The number of fused-ring (bicyclic) bond motifs is 1. The number of H-pyrrole nitrogens is 1. The Hall–Kier alpha value is -2.70. The maximum Gasteiger partial charge on any atom is 0.220 e. The van der Waals surface area contributed by atoms with Crippen molar-refractivity contribution in [3.63, 3.8) is 0 Å². The monoisotopic (exact) mass is 455 g/mol. The zero-order valence-corrected chi connectivity index (χ0v) is 19.4. The van der Waals surface area contributed by atoms with Gasteiger partial charge < -0.3 is 24.7 Å². The predicted molar refractivity (Wildman–Crippen MR) is 128 cm³/mol. The first-order chi connectivity index (χ1) is 15.6.